The molecule has 92 valence electrons. The first kappa shape index (κ1) is 12.3. The monoisotopic (exact) mass is 232 g/mol. The Balaban J connectivity index is 2.33. The Bertz CT molecular complexity index is 405. The van der Waals surface area contributed by atoms with E-state index in [-0.39, 0.29) is 23.7 Å². The molecule has 2 rings (SSSR count). The second-order valence-electron chi connectivity index (χ2n) is 5.48. The minimum absolute atomic E-state index is 0.0152. The number of allylic oxidation sites excluding steroid dienone is 3. The molecule has 0 bridgehead atoms. The van der Waals surface area contributed by atoms with E-state index in [4.69, 9.17) is 0 Å². The van der Waals surface area contributed by atoms with E-state index >= 15 is 0 Å². The van der Waals surface area contributed by atoms with Crippen molar-refractivity contribution < 1.29 is 9.90 Å². The van der Waals surface area contributed by atoms with Gasteiger partial charge >= 0.3 is 0 Å². The summed E-state index contributed by atoms with van der Waals surface area (Å²) in [4.78, 5) is 11.7. The molecule has 0 spiro atoms. The van der Waals surface area contributed by atoms with Crippen LogP contribution in [0.2, 0.25) is 0 Å². The molecule has 0 amide bonds. The predicted octanol–water partition coefficient (Wildman–Crippen LogP) is 2.65. The van der Waals surface area contributed by atoms with Gasteiger partial charge in [0.1, 0.15) is 0 Å². The van der Waals surface area contributed by atoms with Crippen molar-refractivity contribution in [2.45, 2.75) is 26.2 Å². The van der Waals surface area contributed by atoms with Gasteiger partial charge in [0.15, 0.2) is 5.78 Å². The molecule has 2 nitrogen and oxygen atoms in total. The van der Waals surface area contributed by atoms with Crippen molar-refractivity contribution in [3.05, 3.63) is 36.5 Å². The molecule has 0 unspecified atom stereocenters. The largest absolute Gasteiger partial charge is 0.395 e. The van der Waals surface area contributed by atoms with Crippen LogP contribution in [0.1, 0.15) is 26.2 Å². The zero-order valence-corrected chi connectivity index (χ0v) is 10.4. The first-order chi connectivity index (χ1) is 8.00. The number of carbonyl (C=O) groups excluding carboxylic acids is 1. The third-order valence-electron chi connectivity index (χ3n) is 4.47. The molecule has 0 heterocycles. The lowest BCUT2D eigenvalue weighted by Crippen LogP contribution is -2.42. The zero-order valence-electron chi connectivity index (χ0n) is 10.4. The molecule has 2 heteroatoms. The second kappa shape index (κ2) is 4.26. The molecule has 17 heavy (non-hydrogen) atoms. The highest BCUT2D eigenvalue weighted by atomic mass is 16.3. The number of aliphatic hydroxyl groups excluding tert-OH is 1. The minimum atomic E-state index is -0.253. The molecule has 2 aliphatic carbocycles. The third-order valence-corrected chi connectivity index (χ3v) is 4.47. The average Bonchev–Trinajstić information content (AvgIpc) is 2.33. The zero-order chi connectivity index (χ0) is 12.6. The lowest BCUT2D eigenvalue weighted by molar-refractivity contribution is -0.113. The smallest absolute Gasteiger partial charge is 0.181 e. The van der Waals surface area contributed by atoms with E-state index in [2.05, 4.69) is 13.2 Å². The van der Waals surface area contributed by atoms with Gasteiger partial charge < -0.3 is 5.11 Å². The van der Waals surface area contributed by atoms with Crippen molar-refractivity contribution in [1.82, 2.24) is 0 Å². The predicted molar refractivity (Wildman–Crippen MR) is 68.5 cm³/mol. The highest BCUT2D eigenvalue weighted by Crippen LogP contribution is 2.50. The topological polar surface area (TPSA) is 37.3 Å². The average molecular weight is 232 g/mol. The molecular weight excluding hydrogens is 212 g/mol. The minimum Gasteiger partial charge on any atom is -0.395 e. The van der Waals surface area contributed by atoms with Crippen molar-refractivity contribution in [2.24, 2.45) is 17.3 Å². The Hall–Kier alpha value is -1.15. The Morgan fingerprint density at radius 2 is 2.35 bits per heavy atom. The third kappa shape index (κ3) is 1.91. The van der Waals surface area contributed by atoms with Crippen LogP contribution < -0.4 is 0 Å². The van der Waals surface area contributed by atoms with E-state index in [0.717, 1.165) is 19.3 Å². The SMILES string of the molecule is C=C(C)[C@@H]1CC[C@@]2(CO)C=CC(=O)C(=C)[C@H]2C1. The van der Waals surface area contributed by atoms with Crippen LogP contribution in [0.4, 0.5) is 0 Å². The molecule has 0 aliphatic heterocycles. The summed E-state index contributed by atoms with van der Waals surface area (Å²) in [6, 6.07) is 0. The first-order valence-electron chi connectivity index (χ1n) is 6.19. The molecule has 2 aliphatic rings. The summed E-state index contributed by atoms with van der Waals surface area (Å²) < 4.78 is 0. The van der Waals surface area contributed by atoms with E-state index in [1.807, 2.05) is 13.0 Å². The summed E-state index contributed by atoms with van der Waals surface area (Å²) in [6.45, 7) is 10.1. The van der Waals surface area contributed by atoms with Gasteiger partial charge in [-0.1, -0.05) is 24.8 Å². The standard InChI is InChI=1S/C15H20O2/c1-10(2)12-4-6-15(9-16)7-5-14(17)11(3)13(15)8-12/h5,7,12-13,16H,1,3-4,6,8-9H2,2H3/t12-,13-,15+/m1/s1. The highest BCUT2D eigenvalue weighted by Gasteiger charge is 2.45. The molecular formula is C15H20O2. The van der Waals surface area contributed by atoms with Gasteiger partial charge in [0.25, 0.3) is 0 Å². The van der Waals surface area contributed by atoms with E-state index in [1.165, 1.54) is 5.57 Å². The van der Waals surface area contributed by atoms with Crippen molar-refractivity contribution >= 4 is 5.78 Å². The van der Waals surface area contributed by atoms with Gasteiger partial charge in [-0.3, -0.25) is 4.79 Å². The fraction of sp³-hybridized carbons (Fsp3) is 0.533. The summed E-state index contributed by atoms with van der Waals surface area (Å²) in [5.41, 5.74) is 1.58. The molecule has 3 atom stereocenters. The fourth-order valence-corrected chi connectivity index (χ4v) is 3.15. The van der Waals surface area contributed by atoms with Gasteiger partial charge in [0, 0.05) is 5.41 Å². The van der Waals surface area contributed by atoms with E-state index < -0.39 is 0 Å². The van der Waals surface area contributed by atoms with Crippen molar-refractivity contribution in [3.8, 4) is 0 Å². The van der Waals surface area contributed by atoms with Crippen LogP contribution in [0.25, 0.3) is 0 Å². The lowest BCUT2D eigenvalue weighted by atomic mass is 9.58. The number of hydrogen-bond donors (Lipinski definition) is 1. The molecule has 1 fully saturated rings. The summed E-state index contributed by atoms with van der Waals surface area (Å²) in [5, 5.41) is 9.68. The van der Waals surface area contributed by atoms with Crippen LogP contribution >= 0.6 is 0 Å². The van der Waals surface area contributed by atoms with Crippen molar-refractivity contribution in [2.75, 3.05) is 6.61 Å². The van der Waals surface area contributed by atoms with Crippen LogP contribution in [0.3, 0.4) is 0 Å². The molecule has 0 saturated heterocycles. The van der Waals surface area contributed by atoms with E-state index in [9.17, 15) is 9.90 Å². The number of aliphatic hydroxyl groups is 1. The fourth-order valence-electron chi connectivity index (χ4n) is 3.15. The van der Waals surface area contributed by atoms with Crippen LogP contribution in [0.5, 0.6) is 0 Å². The first-order valence-corrected chi connectivity index (χ1v) is 6.19. The molecule has 0 aromatic heterocycles. The van der Waals surface area contributed by atoms with Crippen LogP contribution in [0, 0.1) is 17.3 Å². The molecule has 0 aromatic rings. The number of carbonyl (C=O) groups is 1. The van der Waals surface area contributed by atoms with Gasteiger partial charge in [-0.2, -0.15) is 0 Å². The second-order valence-corrected chi connectivity index (χ2v) is 5.48. The molecule has 0 radical (unpaired) electrons. The molecule has 1 saturated carbocycles. The Kier molecular flexibility index (Phi) is 3.09. The van der Waals surface area contributed by atoms with Crippen LogP contribution in [-0.4, -0.2) is 17.5 Å². The van der Waals surface area contributed by atoms with Crippen LogP contribution in [0.15, 0.2) is 36.5 Å². The summed E-state index contributed by atoms with van der Waals surface area (Å²) in [5.74, 6) is 0.553. The van der Waals surface area contributed by atoms with Crippen LogP contribution in [-0.2, 0) is 4.79 Å². The maximum atomic E-state index is 11.7. The van der Waals surface area contributed by atoms with E-state index in [1.54, 1.807) is 6.08 Å². The maximum Gasteiger partial charge on any atom is 0.181 e. The normalized spacial score (nSPS) is 36.8. The van der Waals surface area contributed by atoms with E-state index in [0.29, 0.717) is 11.5 Å². The molecule has 1 N–H and O–H groups in total. The lowest BCUT2D eigenvalue weighted by Gasteiger charge is -2.46. The van der Waals surface area contributed by atoms with Crippen molar-refractivity contribution in [3.63, 3.8) is 0 Å². The number of ketones is 1. The van der Waals surface area contributed by atoms with Gasteiger partial charge in [0.2, 0.25) is 0 Å². The van der Waals surface area contributed by atoms with Gasteiger partial charge in [-0.25, -0.2) is 0 Å². The summed E-state index contributed by atoms with van der Waals surface area (Å²) in [7, 11) is 0. The van der Waals surface area contributed by atoms with Crippen molar-refractivity contribution in [1.29, 1.82) is 0 Å². The van der Waals surface area contributed by atoms with Gasteiger partial charge in [-0.05, 0) is 49.7 Å². The van der Waals surface area contributed by atoms with Gasteiger partial charge in [-0.15, -0.1) is 0 Å². The Labute approximate surface area is 103 Å². The summed E-state index contributed by atoms with van der Waals surface area (Å²) in [6.07, 6.45) is 6.33. The Morgan fingerprint density at radius 3 is 2.94 bits per heavy atom. The van der Waals surface area contributed by atoms with Gasteiger partial charge in [0.05, 0.1) is 6.61 Å². The Morgan fingerprint density at radius 1 is 1.65 bits per heavy atom. The number of fused-ring (bicyclic) bond motifs is 1. The quantitative estimate of drug-likeness (QED) is 0.587. The number of hydrogen-bond acceptors (Lipinski definition) is 2. The molecule has 0 aromatic carbocycles. The highest BCUT2D eigenvalue weighted by molar-refractivity contribution is 6.05. The number of rotatable bonds is 2. The maximum absolute atomic E-state index is 11.7. The summed E-state index contributed by atoms with van der Waals surface area (Å²) >= 11 is 0.